The second kappa shape index (κ2) is 6.19. The average Bonchev–Trinajstić information content (AvgIpc) is 2.40. The second-order valence-electron chi connectivity index (χ2n) is 4.13. The van der Waals surface area contributed by atoms with E-state index in [-0.39, 0.29) is 10.0 Å². The molecule has 0 saturated heterocycles. The van der Waals surface area contributed by atoms with Gasteiger partial charge in [-0.05, 0) is 46.3 Å². The second-order valence-corrected chi connectivity index (χ2v) is 5.84. The zero-order valence-corrected chi connectivity index (χ0v) is 13.5. The molecule has 7 heteroatoms. The first-order valence-electron chi connectivity index (χ1n) is 5.71. The SMILES string of the molecule is O=C(Nc1ccccc1Br)c1ccc(Br)c(C(F)(F)F)c1. The molecule has 0 bridgehead atoms. The van der Waals surface area contributed by atoms with Gasteiger partial charge < -0.3 is 5.32 Å². The molecule has 0 spiro atoms. The molecule has 2 aromatic rings. The highest BCUT2D eigenvalue weighted by atomic mass is 79.9. The molecular weight excluding hydrogens is 415 g/mol. The first-order chi connectivity index (χ1) is 9.79. The quantitative estimate of drug-likeness (QED) is 0.681. The van der Waals surface area contributed by atoms with Gasteiger partial charge in [-0.25, -0.2) is 0 Å². The van der Waals surface area contributed by atoms with Crippen LogP contribution >= 0.6 is 31.9 Å². The highest BCUT2D eigenvalue weighted by molar-refractivity contribution is 9.10. The van der Waals surface area contributed by atoms with Gasteiger partial charge >= 0.3 is 6.18 Å². The summed E-state index contributed by atoms with van der Waals surface area (Å²) in [6, 6.07) is 10.2. The summed E-state index contributed by atoms with van der Waals surface area (Å²) in [5.74, 6) is -0.611. The number of nitrogens with one attached hydrogen (secondary N) is 1. The van der Waals surface area contributed by atoms with Gasteiger partial charge in [0.25, 0.3) is 5.91 Å². The molecule has 0 aliphatic rings. The maximum Gasteiger partial charge on any atom is 0.417 e. The smallest absolute Gasteiger partial charge is 0.321 e. The van der Waals surface area contributed by atoms with Gasteiger partial charge in [-0.2, -0.15) is 13.2 Å². The number of benzene rings is 2. The van der Waals surface area contributed by atoms with Crippen LogP contribution in [0.3, 0.4) is 0 Å². The van der Waals surface area contributed by atoms with Crippen molar-refractivity contribution in [3.8, 4) is 0 Å². The number of amides is 1. The number of alkyl halides is 3. The summed E-state index contributed by atoms with van der Waals surface area (Å²) in [6.07, 6.45) is -4.53. The van der Waals surface area contributed by atoms with E-state index in [2.05, 4.69) is 37.2 Å². The molecule has 2 rings (SSSR count). The molecule has 0 heterocycles. The number of para-hydroxylation sites is 1. The van der Waals surface area contributed by atoms with Crippen LogP contribution in [-0.2, 0) is 6.18 Å². The molecule has 0 unspecified atom stereocenters. The number of hydrogen-bond acceptors (Lipinski definition) is 1. The Morgan fingerprint density at radius 2 is 1.67 bits per heavy atom. The third-order valence-electron chi connectivity index (χ3n) is 2.66. The van der Waals surface area contributed by atoms with Crippen LogP contribution in [-0.4, -0.2) is 5.91 Å². The highest BCUT2D eigenvalue weighted by Crippen LogP contribution is 2.35. The Bertz CT molecular complexity index is 686. The number of halogens is 5. The Hall–Kier alpha value is -1.34. The van der Waals surface area contributed by atoms with Gasteiger partial charge in [-0.3, -0.25) is 4.79 Å². The van der Waals surface area contributed by atoms with Crippen molar-refractivity contribution >= 4 is 43.5 Å². The lowest BCUT2D eigenvalue weighted by Gasteiger charge is -2.12. The summed E-state index contributed by atoms with van der Waals surface area (Å²) in [4.78, 5) is 12.0. The minimum absolute atomic E-state index is 0.0683. The van der Waals surface area contributed by atoms with Gasteiger partial charge in [0.1, 0.15) is 0 Å². The Kier molecular flexibility index (Phi) is 4.73. The summed E-state index contributed by atoms with van der Waals surface area (Å²) < 4.78 is 39.0. The predicted molar refractivity (Wildman–Crippen MR) is 81.2 cm³/mol. The van der Waals surface area contributed by atoms with Crippen molar-refractivity contribution in [2.24, 2.45) is 0 Å². The van der Waals surface area contributed by atoms with Gasteiger partial charge in [0.2, 0.25) is 0 Å². The van der Waals surface area contributed by atoms with Gasteiger partial charge in [-0.15, -0.1) is 0 Å². The number of hydrogen-bond donors (Lipinski definition) is 1. The molecule has 1 amide bonds. The van der Waals surface area contributed by atoms with Crippen molar-refractivity contribution in [1.29, 1.82) is 0 Å². The van der Waals surface area contributed by atoms with Crippen molar-refractivity contribution in [2.75, 3.05) is 5.32 Å². The van der Waals surface area contributed by atoms with Crippen LogP contribution in [0.5, 0.6) is 0 Å². The molecule has 0 fully saturated rings. The molecule has 0 radical (unpaired) electrons. The zero-order valence-electron chi connectivity index (χ0n) is 10.3. The van der Waals surface area contributed by atoms with Crippen LogP contribution in [0.25, 0.3) is 0 Å². The molecule has 1 N–H and O–H groups in total. The number of carbonyl (C=O) groups excluding carboxylic acids is 1. The van der Waals surface area contributed by atoms with Gasteiger partial charge in [0, 0.05) is 14.5 Å². The van der Waals surface area contributed by atoms with Crippen LogP contribution < -0.4 is 5.32 Å². The van der Waals surface area contributed by atoms with Crippen LogP contribution in [0, 0.1) is 0 Å². The van der Waals surface area contributed by atoms with Crippen molar-refractivity contribution in [1.82, 2.24) is 0 Å². The molecule has 0 atom stereocenters. The molecule has 21 heavy (non-hydrogen) atoms. The maximum absolute atomic E-state index is 12.8. The molecule has 0 aromatic heterocycles. The van der Waals surface area contributed by atoms with Crippen LogP contribution in [0.15, 0.2) is 51.4 Å². The summed E-state index contributed by atoms with van der Waals surface area (Å²) >= 11 is 6.09. The lowest BCUT2D eigenvalue weighted by atomic mass is 10.1. The first-order valence-corrected chi connectivity index (χ1v) is 7.30. The molecule has 110 valence electrons. The van der Waals surface area contributed by atoms with Crippen LogP contribution in [0.1, 0.15) is 15.9 Å². The topological polar surface area (TPSA) is 29.1 Å². The maximum atomic E-state index is 12.8. The molecule has 0 saturated carbocycles. The van der Waals surface area contributed by atoms with Crippen molar-refractivity contribution in [3.63, 3.8) is 0 Å². The van der Waals surface area contributed by atoms with E-state index in [4.69, 9.17) is 0 Å². The van der Waals surface area contributed by atoms with E-state index >= 15 is 0 Å². The Balaban J connectivity index is 2.31. The van der Waals surface area contributed by atoms with Crippen molar-refractivity contribution in [2.45, 2.75) is 6.18 Å². The van der Waals surface area contributed by atoms with E-state index in [1.807, 2.05) is 0 Å². The molecule has 2 nitrogen and oxygen atoms in total. The van der Waals surface area contributed by atoms with Crippen molar-refractivity contribution in [3.05, 3.63) is 62.5 Å². The normalized spacial score (nSPS) is 11.3. The summed E-state index contributed by atoms with van der Waals surface area (Å²) in [6.45, 7) is 0. The first kappa shape index (κ1) is 16.0. The lowest BCUT2D eigenvalue weighted by molar-refractivity contribution is -0.138. The van der Waals surface area contributed by atoms with Crippen molar-refractivity contribution < 1.29 is 18.0 Å². The Morgan fingerprint density at radius 1 is 1.00 bits per heavy atom. The zero-order chi connectivity index (χ0) is 15.6. The highest BCUT2D eigenvalue weighted by Gasteiger charge is 2.33. The van der Waals surface area contributed by atoms with E-state index in [0.717, 1.165) is 6.07 Å². The van der Waals surface area contributed by atoms with E-state index in [9.17, 15) is 18.0 Å². The predicted octanol–water partition coefficient (Wildman–Crippen LogP) is 5.48. The average molecular weight is 423 g/mol. The fraction of sp³-hybridized carbons (Fsp3) is 0.0714. The van der Waals surface area contributed by atoms with E-state index < -0.39 is 17.6 Å². The molecule has 2 aromatic carbocycles. The number of rotatable bonds is 2. The lowest BCUT2D eigenvalue weighted by Crippen LogP contribution is -2.14. The van der Waals surface area contributed by atoms with Crippen LogP contribution in [0.4, 0.5) is 18.9 Å². The van der Waals surface area contributed by atoms with Gasteiger partial charge in [0.15, 0.2) is 0 Å². The number of anilines is 1. The minimum atomic E-state index is -4.53. The van der Waals surface area contributed by atoms with E-state index in [1.165, 1.54) is 12.1 Å². The third-order valence-corrected chi connectivity index (χ3v) is 4.04. The van der Waals surface area contributed by atoms with E-state index in [1.54, 1.807) is 24.3 Å². The Labute approximate surface area is 135 Å². The Morgan fingerprint density at radius 3 is 2.29 bits per heavy atom. The standard InChI is InChI=1S/C14H8Br2F3NO/c15-10-6-5-8(7-9(10)14(17,18)19)13(21)20-12-4-2-1-3-11(12)16/h1-7H,(H,20,21). The minimum Gasteiger partial charge on any atom is -0.321 e. The largest absolute Gasteiger partial charge is 0.417 e. The molecule has 0 aliphatic carbocycles. The third kappa shape index (κ3) is 3.85. The van der Waals surface area contributed by atoms with Crippen LogP contribution in [0.2, 0.25) is 0 Å². The number of carbonyl (C=O) groups is 1. The van der Waals surface area contributed by atoms with Gasteiger partial charge in [-0.1, -0.05) is 28.1 Å². The fourth-order valence-corrected chi connectivity index (χ4v) is 2.50. The van der Waals surface area contributed by atoms with Gasteiger partial charge in [0.05, 0.1) is 11.3 Å². The molecular formula is C14H8Br2F3NO. The van der Waals surface area contributed by atoms with E-state index in [0.29, 0.717) is 10.2 Å². The fourth-order valence-electron chi connectivity index (χ4n) is 1.64. The summed E-state index contributed by atoms with van der Waals surface area (Å²) in [5.41, 5.74) is -0.470. The molecule has 0 aliphatic heterocycles. The monoisotopic (exact) mass is 421 g/mol. The summed E-state index contributed by atoms with van der Waals surface area (Å²) in [5, 5.41) is 2.56. The summed E-state index contributed by atoms with van der Waals surface area (Å²) in [7, 11) is 0.